The van der Waals surface area contributed by atoms with Crippen molar-refractivity contribution < 1.29 is 27.5 Å². The summed E-state index contributed by atoms with van der Waals surface area (Å²) >= 11 is 1.51. The number of nitrogens with one attached hydrogen (secondary N) is 1. The Morgan fingerprint density at radius 1 is 1.12 bits per heavy atom. The molecule has 51 heavy (non-hydrogen) atoms. The zero-order valence-electron chi connectivity index (χ0n) is 29.8. The van der Waals surface area contributed by atoms with Crippen LogP contribution in [0.1, 0.15) is 114 Å². The molecular formula is C36H51N7O6S2. The molecule has 13 nitrogen and oxygen atoms in total. The molecule has 2 aromatic heterocycles. The number of unbranched alkanes of at least 4 members (excludes halogenated alkanes) is 3. The maximum Gasteiger partial charge on any atom is 0.240 e. The lowest BCUT2D eigenvalue weighted by atomic mass is 9.97. The van der Waals surface area contributed by atoms with Crippen molar-refractivity contribution in [3.63, 3.8) is 0 Å². The summed E-state index contributed by atoms with van der Waals surface area (Å²) < 4.78 is 32.6. The summed E-state index contributed by atoms with van der Waals surface area (Å²) in [5.74, 6) is -0.192. The van der Waals surface area contributed by atoms with Crippen LogP contribution in [0, 0.1) is 11.8 Å². The lowest BCUT2D eigenvalue weighted by Gasteiger charge is -2.25. The largest absolute Gasteiger partial charge is 0.472 e. The molecule has 5 unspecified atom stereocenters. The molecule has 3 amide bonds. The third-order valence-electron chi connectivity index (χ3n) is 10.7. The van der Waals surface area contributed by atoms with E-state index in [0.717, 1.165) is 73.3 Å². The van der Waals surface area contributed by atoms with Crippen molar-refractivity contribution >= 4 is 39.1 Å². The van der Waals surface area contributed by atoms with E-state index in [0.29, 0.717) is 43.3 Å². The second-order valence-electron chi connectivity index (χ2n) is 15.2. The van der Waals surface area contributed by atoms with E-state index in [-0.39, 0.29) is 30.7 Å². The number of aryl methyl sites for hydroxylation is 1. The number of hydrogen-bond donors (Lipinski definition) is 3. The van der Waals surface area contributed by atoms with Crippen molar-refractivity contribution in [2.45, 2.75) is 133 Å². The number of aromatic nitrogens is 3. The van der Waals surface area contributed by atoms with Gasteiger partial charge in [0.2, 0.25) is 33.6 Å². The van der Waals surface area contributed by atoms with Crippen molar-refractivity contribution in [1.29, 1.82) is 0 Å². The lowest BCUT2D eigenvalue weighted by Crippen LogP contribution is -2.50. The molecule has 4 aliphatic rings. The molecule has 6 rings (SSSR count). The van der Waals surface area contributed by atoms with Crippen molar-refractivity contribution in [3.05, 3.63) is 34.5 Å². The van der Waals surface area contributed by atoms with Crippen LogP contribution < -0.4 is 20.9 Å². The fourth-order valence-corrected chi connectivity index (χ4v) is 9.09. The first-order valence-corrected chi connectivity index (χ1v) is 20.7. The van der Waals surface area contributed by atoms with Crippen LogP contribution in [-0.2, 0) is 37.2 Å². The van der Waals surface area contributed by atoms with Gasteiger partial charge in [0, 0.05) is 23.3 Å². The predicted molar refractivity (Wildman–Crippen MR) is 194 cm³/mol. The molecule has 1 saturated heterocycles. The third-order valence-corrected chi connectivity index (χ3v) is 13.7. The number of nitrogens with two attached hydrogens (primary N) is 2. The van der Waals surface area contributed by atoms with Gasteiger partial charge in [-0.3, -0.25) is 19.1 Å². The molecule has 0 spiro atoms. The number of sulfonamides is 1. The number of carbonyl (C=O) groups excluding carboxylic acids is 3. The topological polar surface area (TPSA) is 201 Å². The quantitative estimate of drug-likeness (QED) is 0.167. The van der Waals surface area contributed by atoms with Crippen LogP contribution >= 0.6 is 11.3 Å². The molecule has 1 aliphatic heterocycles. The summed E-state index contributed by atoms with van der Waals surface area (Å²) in [4.78, 5) is 54.2. The smallest absolute Gasteiger partial charge is 0.240 e. The van der Waals surface area contributed by atoms with Crippen LogP contribution in [0.5, 0.6) is 5.88 Å². The first kappa shape index (κ1) is 37.3. The summed E-state index contributed by atoms with van der Waals surface area (Å²) in [6, 6.07) is -1.58. The number of nitrogens with zero attached hydrogens (tertiary/aromatic N) is 4. The third kappa shape index (κ3) is 8.62. The lowest BCUT2D eigenvalue weighted by molar-refractivity contribution is -0.138. The van der Waals surface area contributed by atoms with Gasteiger partial charge in [-0.25, -0.2) is 18.4 Å². The highest BCUT2D eigenvalue weighted by Gasteiger charge is 2.52. The first-order chi connectivity index (χ1) is 24.3. The summed E-state index contributed by atoms with van der Waals surface area (Å²) in [5, 5.41) is 2.77. The minimum absolute atomic E-state index is 0.0717. The number of carbonyl (C=O) groups is 3. The fraction of sp³-hybridized carbons (Fsp3) is 0.667. The summed E-state index contributed by atoms with van der Waals surface area (Å²) in [6.07, 6.45) is 13.2. The number of hydrogen-bond acceptors (Lipinski definition) is 11. The fourth-order valence-electron chi connectivity index (χ4n) is 6.88. The van der Waals surface area contributed by atoms with Crippen LogP contribution in [0.15, 0.2) is 17.5 Å². The highest BCUT2D eigenvalue weighted by Crippen LogP contribution is 2.44. The number of ether oxygens (including phenoxy) is 1. The van der Waals surface area contributed by atoms with Gasteiger partial charge in [0.1, 0.15) is 12.1 Å². The predicted octanol–water partition coefficient (Wildman–Crippen LogP) is 3.90. The van der Waals surface area contributed by atoms with Crippen LogP contribution in [-0.4, -0.2) is 75.5 Å². The van der Waals surface area contributed by atoms with Gasteiger partial charge in [0.05, 0.1) is 28.7 Å². The molecule has 0 bridgehead atoms. The van der Waals surface area contributed by atoms with E-state index in [1.807, 2.05) is 17.5 Å². The van der Waals surface area contributed by atoms with E-state index in [1.165, 1.54) is 16.2 Å². The summed E-state index contributed by atoms with van der Waals surface area (Å²) in [6.45, 7) is 6.05. The van der Waals surface area contributed by atoms with Gasteiger partial charge in [-0.1, -0.05) is 38.8 Å². The van der Waals surface area contributed by atoms with Gasteiger partial charge in [-0.2, -0.15) is 4.98 Å². The second kappa shape index (κ2) is 15.3. The molecule has 278 valence electrons. The number of amides is 3. The van der Waals surface area contributed by atoms with E-state index >= 15 is 0 Å². The van der Waals surface area contributed by atoms with Crippen molar-refractivity contribution in [2.24, 2.45) is 23.3 Å². The van der Waals surface area contributed by atoms with Gasteiger partial charge in [0.25, 0.3) is 0 Å². The Balaban J connectivity index is 0.968. The number of likely N-dealkylation sites (tertiary alicyclic amines) is 1. The minimum atomic E-state index is -3.60. The van der Waals surface area contributed by atoms with Crippen molar-refractivity contribution in [3.8, 4) is 16.7 Å². The van der Waals surface area contributed by atoms with E-state index < -0.39 is 44.8 Å². The van der Waals surface area contributed by atoms with Gasteiger partial charge in [-0.15, -0.1) is 11.3 Å². The Hall–Kier alpha value is -3.43. The van der Waals surface area contributed by atoms with E-state index in [9.17, 15) is 22.8 Å². The van der Waals surface area contributed by atoms with E-state index in [2.05, 4.69) is 18.6 Å². The van der Waals surface area contributed by atoms with Gasteiger partial charge in [-0.05, 0) is 83.0 Å². The van der Waals surface area contributed by atoms with Crippen molar-refractivity contribution in [1.82, 2.24) is 24.6 Å². The maximum absolute atomic E-state index is 13.5. The number of allylic oxidation sites excluding steroid dienone is 2. The second-order valence-corrected chi connectivity index (χ2v) is 18.3. The van der Waals surface area contributed by atoms with Crippen LogP contribution in [0.25, 0.3) is 10.8 Å². The first-order valence-electron chi connectivity index (χ1n) is 18.4. The highest BCUT2D eigenvalue weighted by molar-refractivity contribution is 7.91. The SMILES string of the molecule is CC(C)c1csc(-c2nc3c(c(OC4CC(C(N)=O)N(C(=O)C(N)CCCCCC=CC5CC5C(=O)NS(=O)(=O)C5(C)CC5)C4)n2)CCCC3)n1. The standard InChI is InChI=1S/C36H51N7O6S2/c1-21(2)28-20-50-34(40-28)31-39-27-14-10-9-12-24(27)33(41-31)49-23-18-29(30(38)44)43(19-23)35(46)26(37)13-8-6-4-5-7-11-22-17-25(22)32(45)42-51(47,48)36(3)15-16-36/h7,11,20-23,25-26,29H,4-6,8-10,12-19,37H2,1-3H3,(H2,38,44)(H,42,45). The Kier molecular flexibility index (Phi) is 11.2. The molecule has 5 N–H and O–H groups in total. The number of rotatable bonds is 16. The number of thiazole rings is 1. The Bertz CT molecular complexity index is 1770. The number of fused-ring (bicyclic) bond motifs is 1. The molecular weight excluding hydrogens is 691 g/mol. The van der Waals surface area contributed by atoms with Crippen LogP contribution in [0.4, 0.5) is 0 Å². The zero-order chi connectivity index (χ0) is 36.5. The number of primary amides is 1. The Morgan fingerprint density at radius 3 is 2.59 bits per heavy atom. The molecule has 3 aliphatic carbocycles. The minimum Gasteiger partial charge on any atom is -0.472 e. The van der Waals surface area contributed by atoms with E-state index in [4.69, 9.17) is 31.2 Å². The molecule has 5 atom stereocenters. The molecule has 3 fully saturated rings. The normalized spacial score (nSPS) is 24.4. The van der Waals surface area contributed by atoms with Crippen molar-refractivity contribution in [2.75, 3.05) is 6.54 Å². The Morgan fingerprint density at radius 2 is 1.88 bits per heavy atom. The van der Waals surface area contributed by atoms with Gasteiger partial charge in [0.15, 0.2) is 10.8 Å². The molecule has 0 aromatic carbocycles. The zero-order valence-corrected chi connectivity index (χ0v) is 31.4. The average molecular weight is 742 g/mol. The molecule has 2 saturated carbocycles. The highest BCUT2D eigenvalue weighted by atomic mass is 32.2. The van der Waals surface area contributed by atoms with Gasteiger partial charge >= 0.3 is 0 Å². The molecule has 0 radical (unpaired) electrons. The molecule has 2 aromatic rings. The monoisotopic (exact) mass is 741 g/mol. The summed E-state index contributed by atoms with van der Waals surface area (Å²) in [5.41, 5.74) is 15.1. The van der Waals surface area contributed by atoms with Crippen LogP contribution in [0.3, 0.4) is 0 Å². The molecule has 3 heterocycles. The molecule has 15 heteroatoms. The maximum atomic E-state index is 13.5. The van der Waals surface area contributed by atoms with E-state index in [1.54, 1.807) is 6.92 Å². The van der Waals surface area contributed by atoms with Gasteiger partial charge < -0.3 is 21.1 Å². The van der Waals surface area contributed by atoms with Crippen LogP contribution in [0.2, 0.25) is 0 Å². The Labute approximate surface area is 304 Å². The average Bonchev–Trinajstić information content (AvgIpc) is 3.93. The summed E-state index contributed by atoms with van der Waals surface area (Å²) in [7, 11) is -3.60.